The minimum Gasteiger partial charge on any atom is -0.495 e. The van der Waals surface area contributed by atoms with Gasteiger partial charge in [-0.15, -0.1) is 0 Å². The Hall–Kier alpha value is -3.80. The summed E-state index contributed by atoms with van der Waals surface area (Å²) in [5, 5.41) is 8.27. The molecule has 1 saturated carbocycles. The number of nitrogens with zero attached hydrogens (tertiary/aromatic N) is 6. The number of piperazine rings is 1. The molecular weight excluding hydrogens is 603 g/mol. The molecule has 13 heteroatoms. The van der Waals surface area contributed by atoms with Crippen molar-refractivity contribution in [3.8, 4) is 11.5 Å². The third-order valence-corrected chi connectivity index (χ3v) is 8.92. The lowest BCUT2D eigenvalue weighted by Crippen LogP contribution is -2.48. The molecule has 1 aliphatic heterocycles. The minimum atomic E-state index is -0.00402. The summed E-state index contributed by atoms with van der Waals surface area (Å²) in [4.78, 5) is 30.6. The largest absolute Gasteiger partial charge is 0.495 e. The van der Waals surface area contributed by atoms with Gasteiger partial charge in [-0.05, 0) is 50.3 Å². The highest BCUT2D eigenvalue weighted by molar-refractivity contribution is 6.41. The average Bonchev–Trinajstić information content (AvgIpc) is 3.78. The number of hydrogen-bond acceptors (Lipinski definition) is 9. The van der Waals surface area contributed by atoms with Crippen molar-refractivity contribution in [3.63, 3.8) is 0 Å². The summed E-state index contributed by atoms with van der Waals surface area (Å²) in [5.74, 6) is 2.15. The van der Waals surface area contributed by atoms with Crippen LogP contribution in [0.3, 0.4) is 0 Å². The first-order valence-corrected chi connectivity index (χ1v) is 15.6. The number of fused-ring (bicyclic) bond motifs is 3. The molecule has 44 heavy (non-hydrogen) atoms. The molecule has 0 spiro atoms. The van der Waals surface area contributed by atoms with E-state index < -0.39 is 0 Å². The maximum absolute atomic E-state index is 11.9. The highest BCUT2D eigenvalue weighted by Crippen LogP contribution is 2.45. The van der Waals surface area contributed by atoms with Crippen LogP contribution in [0.15, 0.2) is 37.2 Å². The lowest BCUT2D eigenvalue weighted by atomic mass is 10.2. The van der Waals surface area contributed by atoms with E-state index in [2.05, 4.69) is 27.1 Å². The van der Waals surface area contributed by atoms with Crippen LogP contribution in [0, 0.1) is 5.92 Å². The molecule has 2 N–H and O–H groups in total. The third kappa shape index (κ3) is 6.36. The molecule has 6 rings (SSSR count). The van der Waals surface area contributed by atoms with E-state index in [0.717, 1.165) is 68.8 Å². The molecule has 11 nitrogen and oxygen atoms in total. The lowest BCUT2D eigenvalue weighted by Gasteiger charge is -2.34. The van der Waals surface area contributed by atoms with Gasteiger partial charge in [0.15, 0.2) is 11.3 Å². The second kappa shape index (κ2) is 13.1. The molecule has 1 aromatic carbocycles. The van der Waals surface area contributed by atoms with Crippen LogP contribution in [-0.2, 0) is 11.2 Å². The number of rotatable bonds is 12. The first-order chi connectivity index (χ1) is 21.4. The number of hydrogen-bond donors (Lipinski definition) is 2. The molecule has 0 atom stereocenters. The Bertz CT molecular complexity index is 1670. The van der Waals surface area contributed by atoms with Crippen molar-refractivity contribution in [3.05, 3.63) is 52.9 Å². The molecule has 0 bridgehead atoms. The summed E-state index contributed by atoms with van der Waals surface area (Å²) in [7, 11) is 3.08. The van der Waals surface area contributed by atoms with Crippen LogP contribution < -0.4 is 20.1 Å². The lowest BCUT2D eigenvalue weighted by molar-refractivity contribution is -0.127. The third-order valence-electron chi connectivity index (χ3n) is 8.17. The Morgan fingerprint density at radius 1 is 1.07 bits per heavy atom. The molecule has 0 radical (unpaired) electrons. The van der Waals surface area contributed by atoms with Gasteiger partial charge < -0.3 is 25.0 Å². The molecule has 1 aliphatic carbocycles. The van der Waals surface area contributed by atoms with E-state index in [9.17, 15) is 4.79 Å². The van der Waals surface area contributed by atoms with E-state index in [4.69, 9.17) is 42.6 Å². The van der Waals surface area contributed by atoms with Crippen LogP contribution in [0.1, 0.15) is 25.0 Å². The highest BCUT2D eigenvalue weighted by Gasteiger charge is 2.23. The van der Waals surface area contributed by atoms with Crippen molar-refractivity contribution < 1.29 is 14.3 Å². The first-order valence-electron chi connectivity index (χ1n) is 14.8. The summed E-state index contributed by atoms with van der Waals surface area (Å²) >= 11 is 13.4. The number of carbonyl (C=O) groups is 1. The second-order valence-corrected chi connectivity index (χ2v) is 11.9. The summed E-state index contributed by atoms with van der Waals surface area (Å²) in [6, 6.07) is 3.61. The molecule has 0 unspecified atom stereocenters. The Kier molecular flexibility index (Phi) is 8.97. The predicted octanol–water partition coefficient (Wildman–Crippen LogP) is 5.43. The van der Waals surface area contributed by atoms with E-state index in [1.54, 1.807) is 20.3 Å². The van der Waals surface area contributed by atoms with E-state index in [1.165, 1.54) is 18.9 Å². The standard InChI is InChI=1S/C31H36Cl2N8O3/c1-4-25(42)40-12-10-39(11-13-40)9-5-6-21-18-41-29-20(17-35-31(38-29)34-16-19-7-8-19)14-22(30(41)36-21)37-28-26(32)23(43-2)15-24(44-3)27(28)33/h4,14-15,17-19,37H,1,5-13,16H2,2-3H3,(H,34,35,38). The molecule has 232 valence electrons. The van der Waals surface area contributed by atoms with Crippen molar-refractivity contribution in [2.45, 2.75) is 25.7 Å². The molecular formula is C31H36Cl2N8O3. The zero-order valence-electron chi connectivity index (χ0n) is 24.9. The minimum absolute atomic E-state index is 0.00402. The van der Waals surface area contributed by atoms with Gasteiger partial charge >= 0.3 is 0 Å². The summed E-state index contributed by atoms with van der Waals surface area (Å²) in [6.07, 6.45) is 9.43. The van der Waals surface area contributed by atoms with Gasteiger partial charge in [-0.25, -0.2) is 9.97 Å². The summed E-state index contributed by atoms with van der Waals surface area (Å²) in [5.41, 5.74) is 3.51. The number of benzene rings is 1. The fourth-order valence-electron chi connectivity index (χ4n) is 5.47. The van der Waals surface area contributed by atoms with Gasteiger partial charge in [0, 0.05) is 56.6 Å². The number of methoxy groups -OCH3 is 2. The van der Waals surface area contributed by atoms with Crippen LogP contribution >= 0.6 is 23.2 Å². The molecule has 4 heterocycles. The number of ether oxygens (including phenoxy) is 2. The second-order valence-electron chi connectivity index (χ2n) is 11.2. The summed E-state index contributed by atoms with van der Waals surface area (Å²) in [6.45, 7) is 8.52. The SMILES string of the molecule is C=CC(=O)N1CCN(CCCc2cn3c(n2)c(Nc2c(Cl)c(OC)cc(OC)c2Cl)cc2cnc(NCC4CC4)nc23)CC1. The Morgan fingerprint density at radius 3 is 2.45 bits per heavy atom. The van der Waals surface area contributed by atoms with Crippen molar-refractivity contribution in [1.82, 2.24) is 29.2 Å². The zero-order valence-corrected chi connectivity index (χ0v) is 26.4. The van der Waals surface area contributed by atoms with Crippen LogP contribution in [0.4, 0.5) is 17.3 Å². The molecule has 2 aliphatic rings. The van der Waals surface area contributed by atoms with Gasteiger partial charge in [0.25, 0.3) is 0 Å². The number of aromatic nitrogens is 4. The molecule has 1 amide bonds. The van der Waals surface area contributed by atoms with Crippen molar-refractivity contribution >= 4 is 63.1 Å². The molecule has 1 saturated heterocycles. The van der Waals surface area contributed by atoms with E-state index in [0.29, 0.717) is 50.4 Å². The Labute approximate surface area is 266 Å². The van der Waals surface area contributed by atoms with Crippen molar-refractivity contribution in [2.24, 2.45) is 5.92 Å². The number of nitrogens with one attached hydrogen (secondary N) is 2. The van der Waals surface area contributed by atoms with Gasteiger partial charge in [0.1, 0.15) is 21.5 Å². The zero-order chi connectivity index (χ0) is 30.8. The first kappa shape index (κ1) is 30.2. The number of anilines is 3. The maximum atomic E-state index is 11.9. The average molecular weight is 640 g/mol. The highest BCUT2D eigenvalue weighted by atomic mass is 35.5. The number of amides is 1. The number of halogens is 2. The summed E-state index contributed by atoms with van der Waals surface area (Å²) < 4.78 is 12.9. The van der Waals surface area contributed by atoms with Crippen LogP contribution in [-0.4, -0.2) is 88.5 Å². The molecule has 4 aromatic rings. The molecule has 2 fully saturated rings. The monoisotopic (exact) mass is 638 g/mol. The fraction of sp³-hybridized carbons (Fsp3) is 0.419. The number of pyridine rings is 1. The predicted molar refractivity (Wildman–Crippen MR) is 174 cm³/mol. The van der Waals surface area contributed by atoms with Gasteiger partial charge in [-0.3, -0.25) is 14.1 Å². The number of imidazole rings is 1. The smallest absolute Gasteiger partial charge is 0.246 e. The Balaban J connectivity index is 1.29. The number of carbonyl (C=O) groups excluding carboxylic acids is 1. The normalized spacial score (nSPS) is 15.5. The van der Waals surface area contributed by atoms with Gasteiger partial charge in [0.2, 0.25) is 11.9 Å². The van der Waals surface area contributed by atoms with Crippen LogP contribution in [0.2, 0.25) is 10.0 Å². The van der Waals surface area contributed by atoms with Crippen LogP contribution in [0.5, 0.6) is 11.5 Å². The topological polar surface area (TPSA) is 109 Å². The quantitative estimate of drug-likeness (QED) is 0.196. The van der Waals surface area contributed by atoms with Gasteiger partial charge in [-0.2, -0.15) is 4.98 Å². The Morgan fingerprint density at radius 2 is 1.80 bits per heavy atom. The maximum Gasteiger partial charge on any atom is 0.246 e. The van der Waals surface area contributed by atoms with Crippen molar-refractivity contribution in [1.29, 1.82) is 0 Å². The van der Waals surface area contributed by atoms with E-state index in [-0.39, 0.29) is 5.91 Å². The van der Waals surface area contributed by atoms with Crippen molar-refractivity contribution in [2.75, 3.05) is 64.1 Å². The van der Waals surface area contributed by atoms with E-state index in [1.807, 2.05) is 27.8 Å². The fourth-order valence-corrected chi connectivity index (χ4v) is 6.06. The van der Waals surface area contributed by atoms with Gasteiger partial charge in [0.05, 0.1) is 31.3 Å². The van der Waals surface area contributed by atoms with E-state index >= 15 is 0 Å². The van der Waals surface area contributed by atoms with Gasteiger partial charge in [-0.1, -0.05) is 29.8 Å². The van der Waals surface area contributed by atoms with Crippen LogP contribution in [0.25, 0.3) is 16.7 Å². The molecule has 3 aromatic heterocycles. The number of aryl methyl sites for hydroxylation is 1.